The topological polar surface area (TPSA) is 65.4 Å². The van der Waals surface area contributed by atoms with Crippen LogP contribution in [0.1, 0.15) is 17.3 Å². The first-order chi connectivity index (χ1) is 14.7. The summed E-state index contributed by atoms with van der Waals surface area (Å²) >= 11 is 3.27. The Morgan fingerprint density at radius 3 is 2.39 bits per heavy atom. The number of carbonyl (C=O) groups excluding carboxylic acids is 1. The molecule has 0 radical (unpaired) electrons. The van der Waals surface area contributed by atoms with E-state index in [9.17, 15) is 22.0 Å². The molecule has 0 bridgehead atoms. The number of hydrogen-bond acceptors (Lipinski definition) is 4. The first kappa shape index (κ1) is 21.2. The van der Waals surface area contributed by atoms with Gasteiger partial charge < -0.3 is 4.74 Å². The third-order valence-electron chi connectivity index (χ3n) is 4.64. The van der Waals surface area contributed by atoms with Crippen LogP contribution in [-0.2, 0) is 10.0 Å². The Balaban J connectivity index is 1.81. The highest BCUT2D eigenvalue weighted by Gasteiger charge is 2.23. The van der Waals surface area contributed by atoms with Crippen molar-refractivity contribution in [2.75, 3.05) is 0 Å². The average molecular weight is 506 g/mol. The van der Waals surface area contributed by atoms with Crippen molar-refractivity contribution >= 4 is 42.6 Å². The molecule has 4 aromatic rings. The lowest BCUT2D eigenvalue weighted by atomic mass is 10.1. The standard InChI is InChI=1S/C22H14BrF2NO4S/c1-13(27)17-11-14(7-8-18(17)24)30-22-19(25)12-20-16(21(22)23)9-10-26(20)31(28,29)15-5-3-2-4-6-15/h2-12H,1H3. The van der Waals surface area contributed by atoms with Crippen LogP contribution in [0.15, 0.2) is 76.2 Å². The number of Topliss-reactive ketones (excluding diaryl/α,β-unsaturated/α-hetero) is 1. The van der Waals surface area contributed by atoms with Gasteiger partial charge in [0.2, 0.25) is 0 Å². The van der Waals surface area contributed by atoms with Gasteiger partial charge in [0.25, 0.3) is 10.0 Å². The Kier molecular flexibility index (Phi) is 5.40. The van der Waals surface area contributed by atoms with Gasteiger partial charge in [-0.25, -0.2) is 21.2 Å². The van der Waals surface area contributed by atoms with Gasteiger partial charge in [-0.05, 0) is 59.3 Å². The minimum Gasteiger partial charge on any atom is -0.453 e. The number of rotatable bonds is 5. The molecular formula is C22H14BrF2NO4S. The van der Waals surface area contributed by atoms with Crippen LogP contribution in [0.4, 0.5) is 8.78 Å². The van der Waals surface area contributed by atoms with Crippen LogP contribution in [0.2, 0.25) is 0 Å². The zero-order chi connectivity index (χ0) is 22.3. The number of benzene rings is 3. The highest BCUT2D eigenvalue weighted by atomic mass is 79.9. The number of ketones is 1. The van der Waals surface area contributed by atoms with E-state index in [0.29, 0.717) is 5.39 Å². The number of ether oxygens (including phenoxy) is 1. The fourth-order valence-electron chi connectivity index (χ4n) is 3.13. The van der Waals surface area contributed by atoms with E-state index in [-0.39, 0.29) is 31.9 Å². The molecule has 0 amide bonds. The van der Waals surface area contributed by atoms with Gasteiger partial charge in [0, 0.05) is 17.6 Å². The van der Waals surface area contributed by atoms with E-state index >= 15 is 0 Å². The molecule has 4 rings (SSSR count). The van der Waals surface area contributed by atoms with E-state index in [1.165, 1.54) is 43.5 Å². The van der Waals surface area contributed by atoms with Crippen LogP contribution in [0.25, 0.3) is 10.9 Å². The lowest BCUT2D eigenvalue weighted by Gasteiger charge is -2.12. The van der Waals surface area contributed by atoms with Crippen LogP contribution in [0.3, 0.4) is 0 Å². The summed E-state index contributed by atoms with van der Waals surface area (Å²) in [4.78, 5) is 11.6. The fraction of sp³-hybridized carbons (Fsp3) is 0.0455. The molecule has 0 saturated heterocycles. The number of hydrogen-bond donors (Lipinski definition) is 0. The number of nitrogens with zero attached hydrogens (tertiary/aromatic N) is 1. The highest BCUT2D eigenvalue weighted by Crippen LogP contribution is 2.40. The van der Waals surface area contributed by atoms with Gasteiger partial charge in [-0.1, -0.05) is 18.2 Å². The molecule has 0 atom stereocenters. The zero-order valence-corrected chi connectivity index (χ0v) is 18.4. The van der Waals surface area contributed by atoms with Crippen LogP contribution in [0.5, 0.6) is 11.5 Å². The van der Waals surface area contributed by atoms with E-state index in [1.807, 2.05) is 0 Å². The quantitative estimate of drug-likeness (QED) is 0.316. The van der Waals surface area contributed by atoms with Gasteiger partial charge in [-0.15, -0.1) is 0 Å². The van der Waals surface area contributed by atoms with Crippen molar-refractivity contribution in [1.29, 1.82) is 0 Å². The highest BCUT2D eigenvalue weighted by molar-refractivity contribution is 9.10. The summed E-state index contributed by atoms with van der Waals surface area (Å²) in [5, 5.41) is 0.393. The SMILES string of the molecule is CC(=O)c1cc(Oc2c(F)cc3c(ccn3S(=O)(=O)c3ccccc3)c2Br)ccc1F. The summed E-state index contributed by atoms with van der Waals surface area (Å²) in [7, 11) is -3.94. The second kappa shape index (κ2) is 7.90. The molecule has 3 aromatic carbocycles. The molecule has 0 fully saturated rings. The zero-order valence-electron chi connectivity index (χ0n) is 16.0. The lowest BCUT2D eigenvalue weighted by Crippen LogP contribution is -2.11. The van der Waals surface area contributed by atoms with Gasteiger partial charge in [-0.3, -0.25) is 4.79 Å². The summed E-state index contributed by atoms with van der Waals surface area (Å²) in [6.07, 6.45) is 1.33. The Morgan fingerprint density at radius 1 is 1.00 bits per heavy atom. The molecule has 31 heavy (non-hydrogen) atoms. The smallest absolute Gasteiger partial charge is 0.268 e. The van der Waals surface area contributed by atoms with E-state index in [4.69, 9.17) is 4.74 Å². The molecule has 1 aromatic heterocycles. The van der Waals surface area contributed by atoms with Crippen molar-refractivity contribution in [3.8, 4) is 11.5 Å². The first-order valence-corrected chi connectivity index (χ1v) is 11.2. The van der Waals surface area contributed by atoms with Gasteiger partial charge >= 0.3 is 0 Å². The second-order valence-electron chi connectivity index (χ2n) is 6.66. The van der Waals surface area contributed by atoms with Crippen LogP contribution in [-0.4, -0.2) is 18.2 Å². The number of fused-ring (bicyclic) bond motifs is 1. The number of halogens is 3. The van der Waals surface area contributed by atoms with Gasteiger partial charge in [0.15, 0.2) is 17.3 Å². The maximum absolute atomic E-state index is 14.9. The summed E-state index contributed by atoms with van der Waals surface area (Å²) in [5.74, 6) is -2.21. The minimum atomic E-state index is -3.94. The maximum Gasteiger partial charge on any atom is 0.268 e. The van der Waals surface area contributed by atoms with E-state index in [0.717, 1.165) is 16.1 Å². The van der Waals surface area contributed by atoms with Crippen molar-refractivity contribution < 1.29 is 26.7 Å². The Bertz CT molecular complexity index is 1430. The average Bonchev–Trinajstić information content (AvgIpc) is 3.17. The van der Waals surface area contributed by atoms with Crippen molar-refractivity contribution in [3.63, 3.8) is 0 Å². The van der Waals surface area contributed by atoms with E-state index in [1.54, 1.807) is 18.2 Å². The summed E-state index contributed by atoms with van der Waals surface area (Å²) < 4.78 is 61.4. The molecular weight excluding hydrogens is 492 g/mol. The molecule has 0 aliphatic rings. The van der Waals surface area contributed by atoms with Gasteiger partial charge in [0.05, 0.1) is 20.4 Å². The molecule has 0 spiro atoms. The second-order valence-corrected chi connectivity index (χ2v) is 9.27. The third kappa shape index (κ3) is 3.75. The first-order valence-electron chi connectivity index (χ1n) is 8.98. The molecule has 0 aliphatic heterocycles. The molecule has 0 aliphatic carbocycles. The Labute approximate surface area is 185 Å². The number of carbonyl (C=O) groups is 1. The molecule has 5 nitrogen and oxygen atoms in total. The molecule has 9 heteroatoms. The van der Waals surface area contributed by atoms with Crippen molar-refractivity contribution in [2.24, 2.45) is 0 Å². The van der Waals surface area contributed by atoms with Gasteiger partial charge in [0.1, 0.15) is 11.6 Å². The molecule has 1 heterocycles. The maximum atomic E-state index is 14.9. The molecule has 158 valence electrons. The largest absolute Gasteiger partial charge is 0.453 e. The normalized spacial score (nSPS) is 11.6. The van der Waals surface area contributed by atoms with Crippen molar-refractivity contribution in [3.05, 3.63) is 88.5 Å². The molecule has 0 N–H and O–H groups in total. The Morgan fingerprint density at radius 2 is 1.71 bits per heavy atom. The summed E-state index contributed by atoms with van der Waals surface area (Å²) in [6.45, 7) is 1.21. The predicted molar refractivity (Wildman–Crippen MR) is 115 cm³/mol. The van der Waals surface area contributed by atoms with Crippen LogP contribution in [0, 0.1) is 11.6 Å². The number of aromatic nitrogens is 1. The monoisotopic (exact) mass is 505 g/mol. The lowest BCUT2D eigenvalue weighted by molar-refractivity contribution is 0.101. The molecule has 0 unspecified atom stereocenters. The Hall–Kier alpha value is -3.04. The predicted octanol–water partition coefficient (Wildman–Crippen LogP) is 5.91. The van der Waals surface area contributed by atoms with Gasteiger partial charge in [-0.2, -0.15) is 0 Å². The summed E-state index contributed by atoms with van der Waals surface area (Å²) in [6, 6.07) is 13.8. The van der Waals surface area contributed by atoms with Crippen LogP contribution >= 0.6 is 15.9 Å². The van der Waals surface area contributed by atoms with Crippen molar-refractivity contribution in [2.45, 2.75) is 11.8 Å². The van der Waals surface area contributed by atoms with Crippen LogP contribution < -0.4 is 4.74 Å². The fourth-order valence-corrected chi connectivity index (χ4v) is 5.10. The van der Waals surface area contributed by atoms with E-state index < -0.39 is 27.4 Å². The molecule has 0 saturated carbocycles. The van der Waals surface area contributed by atoms with E-state index in [2.05, 4.69) is 15.9 Å². The third-order valence-corrected chi connectivity index (χ3v) is 7.13. The van der Waals surface area contributed by atoms with Crippen molar-refractivity contribution in [1.82, 2.24) is 3.97 Å². The minimum absolute atomic E-state index is 0.0573. The summed E-state index contributed by atoms with van der Waals surface area (Å²) in [5.41, 5.74) is -0.0701.